The molecule has 1 N–H and O–H groups in total. The topological polar surface area (TPSA) is 41.1 Å². The lowest BCUT2D eigenvalue weighted by Gasteiger charge is -2.36. The molecule has 1 atom stereocenters. The second-order valence-corrected chi connectivity index (χ2v) is 6.94. The minimum atomic E-state index is -4.31. The lowest BCUT2D eigenvalue weighted by Crippen LogP contribution is -2.42. The molecule has 27 heavy (non-hydrogen) atoms. The first-order valence-corrected chi connectivity index (χ1v) is 8.85. The van der Waals surface area contributed by atoms with E-state index >= 15 is 0 Å². The number of aromatic amines is 1. The Kier molecular flexibility index (Phi) is 4.52. The number of ether oxygens (including phenoxy) is 1. The monoisotopic (exact) mass is 395 g/mol. The molecule has 0 saturated heterocycles. The van der Waals surface area contributed by atoms with E-state index in [-0.39, 0.29) is 11.7 Å². The second kappa shape index (κ2) is 6.73. The number of alkyl halides is 3. The summed E-state index contributed by atoms with van der Waals surface area (Å²) in [6.07, 6.45) is -2.28. The average Bonchev–Trinajstić information content (AvgIpc) is 2.99. The van der Waals surface area contributed by atoms with Gasteiger partial charge in [0.1, 0.15) is 10.9 Å². The van der Waals surface area contributed by atoms with Crippen molar-refractivity contribution >= 4 is 22.5 Å². The van der Waals surface area contributed by atoms with Crippen LogP contribution >= 0.6 is 11.6 Å². The summed E-state index contributed by atoms with van der Waals surface area (Å²) in [5.74, 6) is 0.415. The lowest BCUT2D eigenvalue weighted by atomic mass is 9.92. The predicted octanol–water partition coefficient (Wildman–Crippen LogP) is 4.73. The van der Waals surface area contributed by atoms with E-state index in [1.54, 1.807) is 0 Å². The first kappa shape index (κ1) is 18.1. The second-order valence-electron chi connectivity index (χ2n) is 6.55. The highest BCUT2D eigenvalue weighted by Gasteiger charge is 2.40. The molecule has 0 saturated carbocycles. The molecule has 1 aromatic carbocycles. The minimum absolute atomic E-state index is 0.227. The average molecular weight is 396 g/mol. The maximum Gasteiger partial charge on any atom is 0.401 e. The third kappa shape index (κ3) is 3.37. The summed E-state index contributed by atoms with van der Waals surface area (Å²) in [5, 5.41) is 1.26. The zero-order valence-corrected chi connectivity index (χ0v) is 15.2. The molecule has 1 aliphatic rings. The normalized spacial score (nSPS) is 17.9. The largest absolute Gasteiger partial charge is 0.496 e. The number of halogens is 4. The van der Waals surface area contributed by atoms with Gasteiger partial charge in [-0.3, -0.25) is 4.90 Å². The van der Waals surface area contributed by atoms with Gasteiger partial charge in [0.05, 0.1) is 19.7 Å². The molecule has 4 nitrogen and oxygen atoms in total. The molecule has 0 amide bonds. The highest BCUT2D eigenvalue weighted by molar-refractivity contribution is 6.29. The molecule has 3 aromatic rings. The third-order valence-electron chi connectivity index (χ3n) is 4.89. The standard InChI is InChI=1S/C19H17ClF3N3O/c1-27-15-8-16(20)24-9-13(15)18-17-12(6-7-26(18)10-19(21,22)23)11-4-2-3-5-14(11)25-17/h2-5,8-9,18,25H,6-7,10H2,1H3. The van der Waals surface area contributed by atoms with E-state index in [0.717, 1.165) is 22.2 Å². The Morgan fingerprint density at radius 1 is 1.33 bits per heavy atom. The van der Waals surface area contributed by atoms with Crippen molar-refractivity contribution in [2.24, 2.45) is 0 Å². The summed E-state index contributed by atoms with van der Waals surface area (Å²) in [6, 6.07) is 8.62. The number of hydrogen-bond acceptors (Lipinski definition) is 3. The number of H-pyrrole nitrogens is 1. The van der Waals surface area contributed by atoms with Crippen molar-refractivity contribution in [1.82, 2.24) is 14.9 Å². The molecule has 3 heterocycles. The highest BCUT2D eigenvalue weighted by Crippen LogP contribution is 2.42. The molecule has 1 aliphatic heterocycles. The van der Waals surface area contributed by atoms with E-state index in [4.69, 9.17) is 16.3 Å². The SMILES string of the molecule is COc1cc(Cl)ncc1C1c2[nH]c3ccccc3c2CCN1CC(F)(F)F. The van der Waals surface area contributed by atoms with E-state index in [0.29, 0.717) is 17.7 Å². The van der Waals surface area contributed by atoms with Crippen LogP contribution in [-0.2, 0) is 6.42 Å². The first-order chi connectivity index (χ1) is 12.9. The Morgan fingerprint density at radius 3 is 2.85 bits per heavy atom. The van der Waals surface area contributed by atoms with Crippen LogP contribution in [0.5, 0.6) is 5.75 Å². The zero-order valence-electron chi connectivity index (χ0n) is 14.5. The van der Waals surface area contributed by atoms with Crippen LogP contribution in [0.2, 0.25) is 5.15 Å². The van der Waals surface area contributed by atoms with Gasteiger partial charge < -0.3 is 9.72 Å². The molecular weight excluding hydrogens is 379 g/mol. The molecule has 0 bridgehead atoms. The lowest BCUT2D eigenvalue weighted by molar-refractivity contribution is -0.150. The fourth-order valence-corrected chi connectivity index (χ4v) is 4.00. The minimum Gasteiger partial charge on any atom is -0.496 e. The van der Waals surface area contributed by atoms with Crippen LogP contribution in [0.3, 0.4) is 0 Å². The van der Waals surface area contributed by atoms with Crippen molar-refractivity contribution in [3.63, 3.8) is 0 Å². The number of nitrogens with zero attached hydrogens (tertiary/aromatic N) is 2. The van der Waals surface area contributed by atoms with Crippen LogP contribution in [0.15, 0.2) is 36.5 Å². The van der Waals surface area contributed by atoms with Gasteiger partial charge in [0.25, 0.3) is 0 Å². The Morgan fingerprint density at radius 2 is 2.11 bits per heavy atom. The number of nitrogens with one attached hydrogen (secondary N) is 1. The van der Waals surface area contributed by atoms with E-state index < -0.39 is 18.8 Å². The van der Waals surface area contributed by atoms with E-state index in [2.05, 4.69) is 9.97 Å². The quantitative estimate of drug-likeness (QED) is 0.651. The fourth-order valence-electron chi connectivity index (χ4n) is 3.85. The number of benzene rings is 1. The molecule has 1 unspecified atom stereocenters. The third-order valence-corrected chi connectivity index (χ3v) is 5.10. The molecule has 0 fully saturated rings. The number of aromatic nitrogens is 2. The van der Waals surface area contributed by atoms with Crippen LogP contribution in [-0.4, -0.2) is 41.2 Å². The van der Waals surface area contributed by atoms with Crippen molar-refractivity contribution in [1.29, 1.82) is 0 Å². The van der Waals surface area contributed by atoms with Crippen LogP contribution in [0.25, 0.3) is 10.9 Å². The van der Waals surface area contributed by atoms with Crippen LogP contribution in [0.1, 0.15) is 22.9 Å². The molecule has 0 spiro atoms. The van der Waals surface area contributed by atoms with Gasteiger partial charge in [0.2, 0.25) is 0 Å². The van der Waals surface area contributed by atoms with Crippen LogP contribution in [0.4, 0.5) is 13.2 Å². The van der Waals surface area contributed by atoms with Gasteiger partial charge in [-0.25, -0.2) is 4.98 Å². The number of para-hydroxylation sites is 1. The molecule has 142 valence electrons. The number of fused-ring (bicyclic) bond motifs is 3. The van der Waals surface area contributed by atoms with Crippen molar-refractivity contribution in [2.45, 2.75) is 18.6 Å². The summed E-state index contributed by atoms with van der Waals surface area (Å²) in [7, 11) is 1.47. The number of rotatable bonds is 3. The molecule has 0 aliphatic carbocycles. The highest BCUT2D eigenvalue weighted by atomic mass is 35.5. The first-order valence-electron chi connectivity index (χ1n) is 8.47. The van der Waals surface area contributed by atoms with E-state index in [1.807, 2.05) is 24.3 Å². The molecular formula is C19H17ClF3N3O. The van der Waals surface area contributed by atoms with Crippen molar-refractivity contribution < 1.29 is 17.9 Å². The van der Waals surface area contributed by atoms with Gasteiger partial charge in [-0.2, -0.15) is 13.2 Å². The summed E-state index contributed by atoms with van der Waals surface area (Å²) in [6.45, 7) is -0.733. The summed E-state index contributed by atoms with van der Waals surface area (Å²) < 4.78 is 45.1. The van der Waals surface area contributed by atoms with E-state index in [1.165, 1.54) is 24.3 Å². The van der Waals surface area contributed by atoms with Gasteiger partial charge >= 0.3 is 6.18 Å². The van der Waals surface area contributed by atoms with Crippen molar-refractivity contribution in [2.75, 3.05) is 20.2 Å². The van der Waals surface area contributed by atoms with Crippen molar-refractivity contribution in [3.05, 3.63) is 58.5 Å². The Hall–Kier alpha value is -2.25. The van der Waals surface area contributed by atoms with Gasteiger partial charge in [-0.15, -0.1) is 0 Å². The van der Waals surface area contributed by atoms with Crippen LogP contribution in [0, 0.1) is 0 Å². The molecule has 4 rings (SSSR count). The number of methoxy groups -OCH3 is 1. The zero-order chi connectivity index (χ0) is 19.2. The molecule has 8 heteroatoms. The Balaban J connectivity index is 1.90. The maximum atomic E-state index is 13.2. The predicted molar refractivity (Wildman–Crippen MR) is 97.3 cm³/mol. The molecule has 0 radical (unpaired) electrons. The smallest absolute Gasteiger partial charge is 0.401 e. The van der Waals surface area contributed by atoms with E-state index in [9.17, 15) is 13.2 Å². The van der Waals surface area contributed by atoms with Gasteiger partial charge in [0, 0.05) is 41.0 Å². The van der Waals surface area contributed by atoms with Gasteiger partial charge in [-0.05, 0) is 18.1 Å². The summed E-state index contributed by atoms with van der Waals surface area (Å²) >= 11 is 5.95. The van der Waals surface area contributed by atoms with Crippen molar-refractivity contribution in [3.8, 4) is 5.75 Å². The number of pyridine rings is 1. The molecule has 2 aromatic heterocycles. The summed E-state index contributed by atoms with van der Waals surface area (Å²) in [4.78, 5) is 8.81. The summed E-state index contributed by atoms with van der Waals surface area (Å²) in [5.41, 5.74) is 3.24. The maximum absolute atomic E-state index is 13.2. The number of hydrogen-bond donors (Lipinski definition) is 1. The fraction of sp³-hybridized carbons (Fsp3) is 0.316. The Bertz CT molecular complexity index is 986. The van der Waals surface area contributed by atoms with Gasteiger partial charge in [-0.1, -0.05) is 29.8 Å². The van der Waals surface area contributed by atoms with Crippen LogP contribution < -0.4 is 4.74 Å². The Labute approximate surface area is 158 Å². The van der Waals surface area contributed by atoms with Gasteiger partial charge in [0.15, 0.2) is 0 Å².